The van der Waals surface area contributed by atoms with Gasteiger partial charge in [-0.3, -0.25) is 0 Å². The molecular formula is C13H16. The molecule has 0 aliphatic rings. The minimum Gasteiger partial charge on any atom is -0.0951 e. The standard InChI is InChI=1S/C13H16/c1-4-12-6-5-7-13(10-12)9-8-11(2)3/h5-7,10-11H,4H2,1-3H3. The van der Waals surface area contributed by atoms with Gasteiger partial charge in [0.1, 0.15) is 0 Å². The number of benzene rings is 1. The molecule has 0 spiro atoms. The second kappa shape index (κ2) is 4.72. The van der Waals surface area contributed by atoms with E-state index in [2.05, 4.69) is 56.9 Å². The first kappa shape index (κ1) is 9.86. The van der Waals surface area contributed by atoms with E-state index in [1.807, 2.05) is 0 Å². The lowest BCUT2D eigenvalue weighted by molar-refractivity contribution is 0.866. The second-order valence-corrected chi connectivity index (χ2v) is 3.48. The quantitative estimate of drug-likeness (QED) is 0.570. The van der Waals surface area contributed by atoms with Crippen molar-refractivity contribution in [3.63, 3.8) is 0 Å². The average molecular weight is 172 g/mol. The van der Waals surface area contributed by atoms with Crippen LogP contribution in [-0.2, 0) is 6.42 Å². The van der Waals surface area contributed by atoms with Gasteiger partial charge in [-0.05, 0) is 24.1 Å². The van der Waals surface area contributed by atoms with Gasteiger partial charge in [-0.2, -0.15) is 0 Å². The first-order chi connectivity index (χ1) is 6.22. The summed E-state index contributed by atoms with van der Waals surface area (Å²) < 4.78 is 0. The Hall–Kier alpha value is -1.22. The Morgan fingerprint density at radius 2 is 2.08 bits per heavy atom. The molecule has 0 saturated heterocycles. The topological polar surface area (TPSA) is 0 Å². The normalized spacial score (nSPS) is 9.54. The van der Waals surface area contributed by atoms with Crippen LogP contribution in [0.15, 0.2) is 24.3 Å². The molecule has 0 heterocycles. The zero-order chi connectivity index (χ0) is 9.68. The second-order valence-electron chi connectivity index (χ2n) is 3.48. The highest BCUT2D eigenvalue weighted by Gasteiger charge is 1.90. The van der Waals surface area contributed by atoms with Gasteiger partial charge in [0, 0.05) is 11.5 Å². The maximum atomic E-state index is 3.17. The Morgan fingerprint density at radius 3 is 2.69 bits per heavy atom. The predicted molar refractivity (Wildman–Crippen MR) is 57.5 cm³/mol. The van der Waals surface area contributed by atoms with E-state index in [1.165, 1.54) is 5.56 Å². The minimum absolute atomic E-state index is 0.449. The molecule has 13 heavy (non-hydrogen) atoms. The molecule has 0 bridgehead atoms. The minimum atomic E-state index is 0.449. The van der Waals surface area contributed by atoms with Crippen LogP contribution in [0.3, 0.4) is 0 Å². The first-order valence-corrected chi connectivity index (χ1v) is 4.83. The van der Waals surface area contributed by atoms with Crippen molar-refractivity contribution in [1.82, 2.24) is 0 Å². The van der Waals surface area contributed by atoms with E-state index < -0.39 is 0 Å². The Bertz CT molecular complexity index is 323. The van der Waals surface area contributed by atoms with Crippen molar-refractivity contribution in [2.45, 2.75) is 27.2 Å². The molecule has 0 aromatic heterocycles. The largest absolute Gasteiger partial charge is 0.0951 e. The fourth-order valence-electron chi connectivity index (χ4n) is 1.10. The van der Waals surface area contributed by atoms with Crippen molar-refractivity contribution in [3.05, 3.63) is 35.4 Å². The predicted octanol–water partition coefficient (Wildman–Crippen LogP) is 3.26. The smallest absolute Gasteiger partial charge is 0.0248 e. The molecule has 0 heteroatoms. The van der Waals surface area contributed by atoms with Crippen molar-refractivity contribution >= 4 is 0 Å². The molecule has 0 radical (unpaired) electrons. The van der Waals surface area contributed by atoms with E-state index in [0.29, 0.717) is 5.92 Å². The van der Waals surface area contributed by atoms with E-state index in [9.17, 15) is 0 Å². The van der Waals surface area contributed by atoms with Gasteiger partial charge in [0.05, 0.1) is 0 Å². The average Bonchev–Trinajstić information content (AvgIpc) is 2.15. The van der Waals surface area contributed by atoms with Gasteiger partial charge in [0.2, 0.25) is 0 Å². The van der Waals surface area contributed by atoms with Crippen LogP contribution in [0, 0.1) is 17.8 Å². The van der Waals surface area contributed by atoms with E-state index in [0.717, 1.165) is 12.0 Å². The summed E-state index contributed by atoms with van der Waals surface area (Å²) in [5, 5.41) is 0. The Labute approximate surface area is 81.0 Å². The molecular weight excluding hydrogens is 156 g/mol. The van der Waals surface area contributed by atoms with Gasteiger partial charge >= 0.3 is 0 Å². The van der Waals surface area contributed by atoms with Crippen LogP contribution in [0.5, 0.6) is 0 Å². The molecule has 0 saturated carbocycles. The van der Waals surface area contributed by atoms with Crippen molar-refractivity contribution in [1.29, 1.82) is 0 Å². The lowest BCUT2D eigenvalue weighted by atomic mass is 10.1. The highest BCUT2D eigenvalue weighted by molar-refractivity contribution is 5.37. The van der Waals surface area contributed by atoms with Gasteiger partial charge < -0.3 is 0 Å². The van der Waals surface area contributed by atoms with Crippen LogP contribution in [0.2, 0.25) is 0 Å². The molecule has 1 aromatic rings. The Balaban J connectivity index is 2.85. The fourth-order valence-corrected chi connectivity index (χ4v) is 1.10. The molecule has 0 fully saturated rings. The van der Waals surface area contributed by atoms with Crippen molar-refractivity contribution in [2.24, 2.45) is 5.92 Å². The lowest BCUT2D eigenvalue weighted by Crippen LogP contribution is -1.83. The SMILES string of the molecule is CCc1cccc(C#CC(C)C)c1. The van der Waals surface area contributed by atoms with Gasteiger partial charge in [0.25, 0.3) is 0 Å². The summed E-state index contributed by atoms with van der Waals surface area (Å²) >= 11 is 0. The fraction of sp³-hybridized carbons (Fsp3) is 0.385. The zero-order valence-corrected chi connectivity index (χ0v) is 8.59. The summed E-state index contributed by atoms with van der Waals surface area (Å²) in [6.45, 7) is 6.38. The number of hydrogen-bond donors (Lipinski definition) is 0. The molecule has 0 amide bonds. The van der Waals surface area contributed by atoms with Crippen molar-refractivity contribution in [2.75, 3.05) is 0 Å². The van der Waals surface area contributed by atoms with Crippen LogP contribution in [0.25, 0.3) is 0 Å². The molecule has 0 unspecified atom stereocenters. The molecule has 1 rings (SSSR count). The number of aryl methyl sites for hydroxylation is 1. The summed E-state index contributed by atoms with van der Waals surface area (Å²) in [7, 11) is 0. The van der Waals surface area contributed by atoms with Gasteiger partial charge in [-0.25, -0.2) is 0 Å². The van der Waals surface area contributed by atoms with E-state index >= 15 is 0 Å². The van der Waals surface area contributed by atoms with Gasteiger partial charge in [-0.15, -0.1) is 0 Å². The highest BCUT2D eigenvalue weighted by atomic mass is 13.9. The number of rotatable bonds is 1. The van der Waals surface area contributed by atoms with Crippen LogP contribution in [0.1, 0.15) is 31.9 Å². The van der Waals surface area contributed by atoms with Crippen molar-refractivity contribution in [3.8, 4) is 11.8 Å². The first-order valence-electron chi connectivity index (χ1n) is 4.83. The third-order valence-electron chi connectivity index (χ3n) is 1.84. The maximum Gasteiger partial charge on any atom is 0.0248 e. The summed E-state index contributed by atoms with van der Waals surface area (Å²) in [4.78, 5) is 0. The van der Waals surface area contributed by atoms with E-state index in [1.54, 1.807) is 0 Å². The highest BCUT2D eigenvalue weighted by Crippen LogP contribution is 2.04. The molecule has 0 atom stereocenters. The molecule has 1 aromatic carbocycles. The van der Waals surface area contributed by atoms with Crippen LogP contribution in [-0.4, -0.2) is 0 Å². The van der Waals surface area contributed by atoms with Crippen LogP contribution >= 0.6 is 0 Å². The number of hydrogen-bond acceptors (Lipinski definition) is 0. The van der Waals surface area contributed by atoms with Crippen LogP contribution < -0.4 is 0 Å². The third kappa shape index (κ3) is 3.34. The zero-order valence-electron chi connectivity index (χ0n) is 8.59. The van der Waals surface area contributed by atoms with E-state index in [-0.39, 0.29) is 0 Å². The lowest BCUT2D eigenvalue weighted by Gasteiger charge is -1.96. The van der Waals surface area contributed by atoms with Crippen molar-refractivity contribution < 1.29 is 0 Å². The van der Waals surface area contributed by atoms with E-state index in [4.69, 9.17) is 0 Å². The summed E-state index contributed by atoms with van der Waals surface area (Å²) in [6.07, 6.45) is 1.08. The molecule has 0 aliphatic carbocycles. The Morgan fingerprint density at radius 1 is 1.31 bits per heavy atom. The molecule has 0 nitrogen and oxygen atoms in total. The van der Waals surface area contributed by atoms with Crippen LogP contribution in [0.4, 0.5) is 0 Å². The molecule has 0 N–H and O–H groups in total. The molecule has 68 valence electrons. The third-order valence-corrected chi connectivity index (χ3v) is 1.84. The Kier molecular flexibility index (Phi) is 3.58. The summed E-state index contributed by atoms with van der Waals surface area (Å²) in [6, 6.07) is 8.44. The molecule has 0 aliphatic heterocycles. The van der Waals surface area contributed by atoms with Gasteiger partial charge in [0.15, 0.2) is 0 Å². The van der Waals surface area contributed by atoms with Gasteiger partial charge in [-0.1, -0.05) is 44.7 Å². The maximum absolute atomic E-state index is 3.17. The summed E-state index contributed by atoms with van der Waals surface area (Å²) in [5.74, 6) is 6.78. The monoisotopic (exact) mass is 172 g/mol. The summed E-state index contributed by atoms with van der Waals surface area (Å²) in [5.41, 5.74) is 2.49.